The molecule has 0 spiro atoms. The van der Waals surface area contributed by atoms with Crippen molar-refractivity contribution < 1.29 is 41.5 Å². The van der Waals surface area contributed by atoms with Crippen molar-refractivity contribution in [1.29, 1.82) is 0 Å². The minimum atomic E-state index is -4.00. The zero-order valence-corrected chi connectivity index (χ0v) is 30.9. The number of carbonyl (C=O) groups excluding carboxylic acids is 5. The fourth-order valence-corrected chi connectivity index (χ4v) is 7.75. The highest BCUT2D eigenvalue weighted by atomic mass is 32.2. The summed E-state index contributed by atoms with van der Waals surface area (Å²) in [5.41, 5.74) is 2.19. The van der Waals surface area contributed by atoms with E-state index in [4.69, 9.17) is 4.52 Å². The van der Waals surface area contributed by atoms with Crippen LogP contribution in [0.2, 0.25) is 0 Å². The first-order chi connectivity index (χ1) is 24.7. The zero-order valence-electron chi connectivity index (χ0n) is 29.2. The summed E-state index contributed by atoms with van der Waals surface area (Å²) in [6.07, 6.45) is 5.08. The van der Waals surface area contributed by atoms with E-state index in [-0.39, 0.29) is 12.3 Å². The lowest BCUT2D eigenvalue weighted by molar-refractivity contribution is -0.138. The lowest BCUT2D eigenvalue weighted by Crippen LogP contribution is -2.55. The van der Waals surface area contributed by atoms with Crippen molar-refractivity contribution in [1.82, 2.24) is 15.4 Å². The van der Waals surface area contributed by atoms with Crippen LogP contribution in [0.4, 0.5) is 5.69 Å². The molecule has 3 aromatic carbocycles. The Labute approximate surface area is 304 Å². The number of hydrogen-bond acceptors (Lipinski definition) is 9. The first-order valence-electron chi connectivity index (χ1n) is 17.0. The summed E-state index contributed by atoms with van der Waals surface area (Å²) >= 11 is 0. The fraction of sp³-hybridized carbons (Fsp3) is 0.378. The molecular weight excluding hydrogens is 707 g/mol. The third-order valence-corrected chi connectivity index (χ3v) is 11.2. The standard InChI is InChI=1S/C37H45N4O9PS/c1-51(47,29-19-10-5-11-20-29)50-25-33(42)31(24-34(43)41-52(2,48)49)39-35(44)32(23-27-16-8-4-9-17-27)40-37(46)36(45)38-30-21-13-12-18-28(30)22-26-14-6-3-7-15-26/h3,5-7,10-15,18-21,27,31-32H,4,8-9,16-17,22-25H2,1-2H3,(H,38,45)(H,39,44)(H,40,46)(H,41,43). The van der Waals surface area contributed by atoms with Gasteiger partial charge in [0, 0.05) is 17.7 Å². The van der Waals surface area contributed by atoms with Crippen molar-refractivity contribution in [3.63, 3.8) is 0 Å². The number of amides is 4. The van der Waals surface area contributed by atoms with Crippen LogP contribution >= 0.6 is 7.37 Å². The molecule has 0 aliphatic heterocycles. The average Bonchev–Trinajstić information content (AvgIpc) is 3.11. The number of rotatable bonds is 16. The van der Waals surface area contributed by atoms with Gasteiger partial charge in [-0.3, -0.25) is 33.3 Å². The van der Waals surface area contributed by atoms with Crippen LogP contribution in [-0.2, 0) is 49.5 Å². The molecule has 4 amide bonds. The van der Waals surface area contributed by atoms with E-state index in [0.717, 1.165) is 49.5 Å². The molecule has 278 valence electrons. The minimum Gasteiger partial charge on any atom is -0.344 e. The lowest BCUT2D eigenvalue weighted by atomic mass is 9.84. The molecule has 15 heteroatoms. The molecule has 52 heavy (non-hydrogen) atoms. The molecule has 1 fully saturated rings. The molecule has 3 atom stereocenters. The molecule has 0 heterocycles. The molecule has 0 saturated heterocycles. The quantitative estimate of drug-likeness (QED) is 0.125. The van der Waals surface area contributed by atoms with Crippen molar-refractivity contribution in [3.8, 4) is 0 Å². The molecule has 0 bridgehead atoms. The Bertz CT molecular complexity index is 1880. The first-order valence-corrected chi connectivity index (χ1v) is 21.0. The monoisotopic (exact) mass is 752 g/mol. The Morgan fingerprint density at radius 1 is 0.808 bits per heavy atom. The number of ketones is 1. The summed E-state index contributed by atoms with van der Waals surface area (Å²) in [6.45, 7) is 0.546. The van der Waals surface area contributed by atoms with Crippen LogP contribution in [0.25, 0.3) is 0 Å². The summed E-state index contributed by atoms with van der Waals surface area (Å²) in [7, 11) is -7.50. The highest BCUT2D eigenvalue weighted by Crippen LogP contribution is 2.41. The van der Waals surface area contributed by atoms with Gasteiger partial charge in [-0.1, -0.05) is 98.8 Å². The van der Waals surface area contributed by atoms with Crippen molar-refractivity contribution in [2.24, 2.45) is 5.92 Å². The largest absolute Gasteiger partial charge is 0.344 e. The fourth-order valence-electron chi connectivity index (χ4n) is 6.01. The highest BCUT2D eigenvalue weighted by Gasteiger charge is 2.33. The third kappa shape index (κ3) is 12.8. The minimum absolute atomic E-state index is 0.0299. The molecule has 1 saturated carbocycles. The number of para-hydroxylation sites is 1. The topological polar surface area (TPSA) is 194 Å². The van der Waals surface area contributed by atoms with Gasteiger partial charge in [0.2, 0.25) is 29.2 Å². The van der Waals surface area contributed by atoms with Gasteiger partial charge in [-0.25, -0.2) is 8.42 Å². The summed E-state index contributed by atoms with van der Waals surface area (Å²) in [6, 6.07) is 21.9. The zero-order chi connectivity index (χ0) is 37.7. The van der Waals surface area contributed by atoms with Crippen LogP contribution < -0.4 is 26.0 Å². The van der Waals surface area contributed by atoms with Gasteiger partial charge in [0.15, 0.2) is 5.78 Å². The van der Waals surface area contributed by atoms with Gasteiger partial charge in [0.05, 0.1) is 18.7 Å². The summed E-state index contributed by atoms with van der Waals surface area (Å²) < 4.78 is 44.0. The molecular formula is C37H45N4O9PS. The van der Waals surface area contributed by atoms with Gasteiger partial charge in [-0.05, 0) is 48.1 Å². The SMILES string of the molecule is CP(=O)(OCC(=O)C(CC(=O)NS(C)(=O)=O)NC(=O)C(CC1CCCCC1)NC(=O)C(=O)Nc1ccccc1Cc1ccccc1)c1ccccc1. The van der Waals surface area contributed by atoms with E-state index >= 15 is 0 Å². The van der Waals surface area contributed by atoms with E-state index in [1.807, 2.05) is 42.5 Å². The van der Waals surface area contributed by atoms with E-state index in [0.29, 0.717) is 17.4 Å². The number of nitrogens with one attached hydrogen (secondary N) is 4. The molecule has 1 aliphatic carbocycles. The van der Waals surface area contributed by atoms with Crippen molar-refractivity contribution in [3.05, 3.63) is 96.1 Å². The number of Topliss-reactive ketones (excluding diaryl/α,β-unsaturated/α-hetero) is 1. The van der Waals surface area contributed by atoms with E-state index in [9.17, 15) is 37.0 Å². The van der Waals surface area contributed by atoms with Crippen molar-refractivity contribution in [2.75, 3.05) is 24.8 Å². The van der Waals surface area contributed by atoms with Crippen LogP contribution in [0.3, 0.4) is 0 Å². The summed E-state index contributed by atoms with van der Waals surface area (Å²) in [5, 5.41) is 7.97. The van der Waals surface area contributed by atoms with Crippen LogP contribution in [0.15, 0.2) is 84.9 Å². The summed E-state index contributed by atoms with van der Waals surface area (Å²) in [4.78, 5) is 66.4. The molecule has 3 aromatic rings. The second-order valence-corrected chi connectivity index (χ2v) is 17.2. The average molecular weight is 753 g/mol. The third-order valence-electron chi connectivity index (χ3n) is 8.70. The molecule has 1 aliphatic rings. The number of anilines is 1. The van der Waals surface area contributed by atoms with E-state index < -0.39 is 71.9 Å². The predicted molar refractivity (Wildman–Crippen MR) is 198 cm³/mol. The second-order valence-electron chi connectivity index (χ2n) is 13.0. The van der Waals surface area contributed by atoms with Crippen LogP contribution in [-0.4, -0.2) is 69.4 Å². The molecule has 13 nitrogen and oxygen atoms in total. The van der Waals surface area contributed by atoms with Crippen molar-refractivity contribution in [2.45, 2.75) is 63.5 Å². The molecule has 4 N–H and O–H groups in total. The Hall–Kier alpha value is -4.65. The number of benzene rings is 3. The van der Waals surface area contributed by atoms with E-state index in [1.54, 1.807) is 47.2 Å². The second kappa shape index (κ2) is 18.7. The maximum Gasteiger partial charge on any atom is 0.313 e. The molecule has 4 rings (SSSR count). The molecule has 0 radical (unpaired) electrons. The Morgan fingerprint density at radius 3 is 2.08 bits per heavy atom. The normalized spacial score (nSPS) is 15.7. The Morgan fingerprint density at radius 2 is 1.42 bits per heavy atom. The van der Waals surface area contributed by atoms with Crippen LogP contribution in [0, 0.1) is 5.92 Å². The maximum atomic E-state index is 13.8. The number of sulfonamides is 1. The van der Waals surface area contributed by atoms with Gasteiger partial charge in [-0.15, -0.1) is 0 Å². The van der Waals surface area contributed by atoms with Gasteiger partial charge < -0.3 is 20.5 Å². The smallest absolute Gasteiger partial charge is 0.313 e. The highest BCUT2D eigenvalue weighted by molar-refractivity contribution is 7.89. The van der Waals surface area contributed by atoms with Gasteiger partial charge in [0.25, 0.3) is 0 Å². The number of hydrogen-bond donors (Lipinski definition) is 4. The van der Waals surface area contributed by atoms with E-state index in [2.05, 4.69) is 16.0 Å². The molecule has 0 aromatic heterocycles. The first kappa shape index (κ1) is 40.1. The van der Waals surface area contributed by atoms with Crippen LogP contribution in [0.5, 0.6) is 0 Å². The number of carbonyl (C=O) groups is 5. The maximum absolute atomic E-state index is 13.8. The lowest BCUT2D eigenvalue weighted by Gasteiger charge is -2.28. The van der Waals surface area contributed by atoms with Gasteiger partial charge in [-0.2, -0.15) is 0 Å². The molecule has 3 unspecified atom stereocenters. The van der Waals surface area contributed by atoms with Crippen molar-refractivity contribution >= 4 is 57.8 Å². The van der Waals surface area contributed by atoms with Gasteiger partial charge in [0.1, 0.15) is 12.6 Å². The summed E-state index contributed by atoms with van der Waals surface area (Å²) in [5.74, 6) is -4.85. The van der Waals surface area contributed by atoms with Crippen LogP contribution in [0.1, 0.15) is 56.1 Å². The van der Waals surface area contributed by atoms with E-state index in [1.165, 1.54) is 6.66 Å². The predicted octanol–water partition coefficient (Wildman–Crippen LogP) is 3.44. The van der Waals surface area contributed by atoms with Gasteiger partial charge >= 0.3 is 11.8 Å². The Balaban J connectivity index is 1.51. The Kier molecular flexibility index (Phi) is 14.4.